The van der Waals surface area contributed by atoms with Crippen molar-refractivity contribution >= 4 is 0 Å². The molecule has 1 radical (unpaired) electrons. The van der Waals surface area contributed by atoms with Crippen molar-refractivity contribution in [1.82, 2.24) is 10.4 Å². The minimum atomic E-state index is 0.0137. The summed E-state index contributed by atoms with van der Waals surface area (Å²) in [4.78, 5) is 0. The van der Waals surface area contributed by atoms with Gasteiger partial charge in [0, 0.05) is 13.2 Å². The maximum atomic E-state index is 8.81. The lowest BCUT2D eigenvalue weighted by Gasteiger charge is -2.31. The van der Waals surface area contributed by atoms with Crippen LogP contribution in [0.1, 0.15) is 20.8 Å². The highest BCUT2D eigenvalue weighted by atomic mass is 15.5. The van der Waals surface area contributed by atoms with E-state index in [1.165, 1.54) is 0 Å². The number of hydrogen-bond donors (Lipinski definition) is 1. The summed E-state index contributed by atoms with van der Waals surface area (Å²) in [6.45, 7) is 6.28. The molecule has 0 aromatic rings. The fourth-order valence-corrected chi connectivity index (χ4v) is 1.47. The highest BCUT2D eigenvalue weighted by Crippen LogP contribution is 2.37. The van der Waals surface area contributed by atoms with Gasteiger partial charge in [-0.05, 0) is 5.41 Å². The zero-order valence-corrected chi connectivity index (χ0v) is 7.97. The minimum Gasteiger partial charge on any atom is -0.324 e. The Morgan fingerprint density at radius 3 is 2.42 bits per heavy atom. The molecule has 0 fully saturated rings. The Morgan fingerprint density at radius 1 is 1.50 bits per heavy atom. The van der Waals surface area contributed by atoms with Gasteiger partial charge in [-0.15, -0.1) is 0 Å². The Morgan fingerprint density at radius 2 is 2.08 bits per heavy atom. The van der Waals surface area contributed by atoms with Crippen molar-refractivity contribution in [2.45, 2.75) is 20.8 Å². The molecule has 0 atom stereocenters. The molecule has 0 saturated carbocycles. The van der Waals surface area contributed by atoms with Gasteiger partial charge in [-0.3, -0.25) is 0 Å². The van der Waals surface area contributed by atoms with E-state index in [2.05, 4.69) is 32.3 Å². The Hall–Kier alpha value is -1.01. The lowest BCUT2D eigenvalue weighted by atomic mass is 9.83. The van der Waals surface area contributed by atoms with Crippen LogP contribution < -0.4 is 5.43 Å². The molecule has 1 aliphatic heterocycles. The SMILES string of the molecule is CN1NC=C(C#N)[C]1C(C)(C)C. The molecule has 3 heteroatoms. The molecule has 0 spiro atoms. The first kappa shape index (κ1) is 9.08. The third-order valence-electron chi connectivity index (χ3n) is 1.82. The second-order valence-electron chi connectivity index (χ2n) is 3.96. The van der Waals surface area contributed by atoms with E-state index in [4.69, 9.17) is 5.26 Å². The molecule has 0 bridgehead atoms. The summed E-state index contributed by atoms with van der Waals surface area (Å²) in [5, 5.41) is 10.7. The van der Waals surface area contributed by atoms with E-state index in [1.807, 2.05) is 12.1 Å². The highest BCUT2D eigenvalue weighted by Gasteiger charge is 2.36. The first-order valence-electron chi connectivity index (χ1n) is 3.95. The minimum absolute atomic E-state index is 0.0137. The van der Waals surface area contributed by atoms with Crippen LogP contribution in [-0.2, 0) is 0 Å². The van der Waals surface area contributed by atoms with E-state index < -0.39 is 0 Å². The van der Waals surface area contributed by atoms with Crippen LogP contribution in [0.4, 0.5) is 0 Å². The van der Waals surface area contributed by atoms with Gasteiger partial charge in [0.05, 0.1) is 11.6 Å². The van der Waals surface area contributed by atoms with Gasteiger partial charge in [0.25, 0.3) is 0 Å². The van der Waals surface area contributed by atoms with Crippen LogP contribution in [0.25, 0.3) is 0 Å². The number of hydrazine groups is 1. The van der Waals surface area contributed by atoms with E-state index in [0.29, 0.717) is 0 Å². The summed E-state index contributed by atoms with van der Waals surface area (Å²) in [6.07, 6.45) is 1.74. The van der Waals surface area contributed by atoms with Gasteiger partial charge in [-0.1, -0.05) is 20.8 Å². The lowest BCUT2D eigenvalue weighted by molar-refractivity contribution is 0.231. The number of rotatable bonds is 0. The van der Waals surface area contributed by atoms with Gasteiger partial charge in [-0.2, -0.15) is 5.26 Å². The number of nitrogens with one attached hydrogen (secondary N) is 1. The van der Waals surface area contributed by atoms with Crippen molar-refractivity contribution in [3.8, 4) is 6.07 Å². The van der Waals surface area contributed by atoms with Crippen LogP contribution in [0.3, 0.4) is 0 Å². The quantitative estimate of drug-likeness (QED) is 0.588. The van der Waals surface area contributed by atoms with Crippen LogP contribution in [-0.4, -0.2) is 12.1 Å². The van der Waals surface area contributed by atoms with E-state index in [-0.39, 0.29) is 5.41 Å². The number of nitriles is 1. The molecule has 0 aromatic carbocycles. The van der Waals surface area contributed by atoms with Crippen molar-refractivity contribution in [3.63, 3.8) is 0 Å². The second-order valence-corrected chi connectivity index (χ2v) is 3.96. The third kappa shape index (κ3) is 1.44. The summed E-state index contributed by atoms with van der Waals surface area (Å²) >= 11 is 0. The molecule has 0 amide bonds. The van der Waals surface area contributed by atoms with Gasteiger partial charge in [0.15, 0.2) is 0 Å². The summed E-state index contributed by atoms with van der Waals surface area (Å²) in [5.74, 6) is 0. The van der Waals surface area contributed by atoms with Gasteiger partial charge < -0.3 is 5.43 Å². The molecule has 0 aromatic heterocycles. The van der Waals surface area contributed by atoms with Gasteiger partial charge >= 0.3 is 0 Å². The Bertz CT molecular complexity index is 241. The number of nitrogens with zero attached hydrogens (tertiary/aromatic N) is 2. The van der Waals surface area contributed by atoms with Crippen molar-refractivity contribution in [2.75, 3.05) is 7.05 Å². The second kappa shape index (κ2) is 2.80. The molecule has 1 N–H and O–H groups in total. The molecule has 65 valence electrons. The average Bonchev–Trinajstić information content (AvgIpc) is 2.29. The molecule has 0 saturated heterocycles. The summed E-state index contributed by atoms with van der Waals surface area (Å²) in [5.41, 5.74) is 3.73. The van der Waals surface area contributed by atoms with E-state index in [9.17, 15) is 0 Å². The Balaban J connectivity index is 2.89. The normalized spacial score (nSPS) is 20.1. The van der Waals surface area contributed by atoms with Crippen molar-refractivity contribution in [1.29, 1.82) is 5.26 Å². The molecule has 12 heavy (non-hydrogen) atoms. The van der Waals surface area contributed by atoms with E-state index >= 15 is 0 Å². The lowest BCUT2D eigenvalue weighted by Crippen LogP contribution is -2.36. The van der Waals surface area contributed by atoms with Crippen LogP contribution in [0.2, 0.25) is 0 Å². The average molecular weight is 164 g/mol. The van der Waals surface area contributed by atoms with Crippen LogP contribution in [0.15, 0.2) is 11.8 Å². The monoisotopic (exact) mass is 164 g/mol. The molecule has 1 rings (SSSR count). The van der Waals surface area contributed by atoms with Gasteiger partial charge in [0.2, 0.25) is 0 Å². The third-order valence-corrected chi connectivity index (χ3v) is 1.82. The van der Waals surface area contributed by atoms with Crippen LogP contribution >= 0.6 is 0 Å². The van der Waals surface area contributed by atoms with Crippen molar-refractivity contribution < 1.29 is 0 Å². The maximum absolute atomic E-state index is 8.81. The molecule has 0 aliphatic carbocycles. The largest absolute Gasteiger partial charge is 0.324 e. The van der Waals surface area contributed by atoms with Gasteiger partial charge in [-0.25, -0.2) is 5.01 Å². The standard InChI is InChI=1S/C9H14N3/c1-9(2,3)8-7(5-10)6-11-12(8)4/h6,11H,1-4H3. The molecule has 1 aliphatic rings. The topological polar surface area (TPSA) is 39.1 Å². The Labute approximate surface area is 73.6 Å². The summed E-state index contributed by atoms with van der Waals surface area (Å²) in [6, 6.07) is 3.22. The predicted molar refractivity (Wildman–Crippen MR) is 47.3 cm³/mol. The fraction of sp³-hybridized carbons (Fsp3) is 0.556. The molecule has 0 unspecified atom stereocenters. The molecular weight excluding hydrogens is 150 g/mol. The van der Waals surface area contributed by atoms with Gasteiger partial charge in [0.1, 0.15) is 6.04 Å². The van der Waals surface area contributed by atoms with E-state index in [0.717, 1.165) is 11.6 Å². The number of likely N-dealkylation sites (N-methyl/N-ethyl adjacent to an activating group) is 1. The maximum Gasteiger partial charge on any atom is 0.106 e. The molecule has 3 nitrogen and oxygen atoms in total. The van der Waals surface area contributed by atoms with Crippen molar-refractivity contribution in [3.05, 3.63) is 17.8 Å². The first-order chi connectivity index (χ1) is 5.46. The summed E-state index contributed by atoms with van der Waals surface area (Å²) < 4.78 is 0. The molecule has 1 heterocycles. The number of hydrogen-bond acceptors (Lipinski definition) is 3. The zero-order valence-electron chi connectivity index (χ0n) is 7.97. The smallest absolute Gasteiger partial charge is 0.106 e. The fourth-order valence-electron chi connectivity index (χ4n) is 1.47. The van der Waals surface area contributed by atoms with Crippen molar-refractivity contribution in [2.24, 2.45) is 5.41 Å². The van der Waals surface area contributed by atoms with Crippen LogP contribution in [0, 0.1) is 22.8 Å². The summed E-state index contributed by atoms with van der Waals surface area (Å²) in [7, 11) is 1.92. The highest BCUT2D eigenvalue weighted by molar-refractivity contribution is 5.40. The van der Waals surface area contributed by atoms with E-state index in [1.54, 1.807) is 6.20 Å². The zero-order chi connectivity index (χ0) is 9.35. The van der Waals surface area contributed by atoms with Crippen LogP contribution in [0.5, 0.6) is 0 Å². The Kier molecular flexibility index (Phi) is 2.12. The molecular formula is C9H14N3. The first-order valence-corrected chi connectivity index (χ1v) is 3.95. The predicted octanol–water partition coefficient (Wildman–Crippen LogP) is 1.42.